The summed E-state index contributed by atoms with van der Waals surface area (Å²) in [6, 6.07) is 4.45. The summed E-state index contributed by atoms with van der Waals surface area (Å²) in [4.78, 5) is 14.0. The standard InChI is InChI=1S/C19H23NO4.C2H6/c1-10(21)23-15-6-3-11-9-13-12-4-5-14(22)18-19(12,7-8-20(13)2)16(11)17(15)24-18;1-2/h3,6,12-14,18,22H,4-5,7-9H2,1-2H3;1-2H3. The van der Waals surface area contributed by atoms with E-state index in [0.717, 1.165) is 32.2 Å². The highest BCUT2D eigenvalue weighted by Crippen LogP contribution is 2.63. The number of esters is 1. The quantitative estimate of drug-likeness (QED) is 0.617. The van der Waals surface area contributed by atoms with Crippen LogP contribution in [-0.4, -0.2) is 47.8 Å². The number of ether oxygens (including phenoxy) is 2. The van der Waals surface area contributed by atoms with E-state index in [9.17, 15) is 9.90 Å². The van der Waals surface area contributed by atoms with E-state index < -0.39 is 6.10 Å². The molecule has 4 aliphatic rings. The molecule has 1 N–H and O–H groups in total. The lowest BCUT2D eigenvalue weighted by molar-refractivity contribution is -0.132. The molecule has 0 aromatic heterocycles. The van der Waals surface area contributed by atoms with Gasteiger partial charge in [-0.15, -0.1) is 0 Å². The number of aliphatic hydroxyl groups excluding tert-OH is 1. The number of nitrogens with zero attached hydrogens (tertiary/aromatic N) is 1. The minimum Gasteiger partial charge on any atom is -0.483 e. The third-order valence-electron chi connectivity index (χ3n) is 6.80. The number of benzene rings is 1. The van der Waals surface area contributed by atoms with Gasteiger partial charge in [-0.3, -0.25) is 4.79 Å². The molecule has 5 heteroatoms. The van der Waals surface area contributed by atoms with Crippen molar-refractivity contribution in [1.29, 1.82) is 0 Å². The van der Waals surface area contributed by atoms with Crippen molar-refractivity contribution in [3.8, 4) is 11.5 Å². The van der Waals surface area contributed by atoms with Gasteiger partial charge in [-0.2, -0.15) is 0 Å². The average molecular weight is 359 g/mol. The van der Waals surface area contributed by atoms with Gasteiger partial charge in [0.2, 0.25) is 0 Å². The minimum atomic E-state index is -0.450. The lowest BCUT2D eigenvalue weighted by Gasteiger charge is -2.58. The van der Waals surface area contributed by atoms with Gasteiger partial charge in [0.1, 0.15) is 6.10 Å². The molecular weight excluding hydrogens is 330 g/mol. The van der Waals surface area contributed by atoms with Gasteiger partial charge in [-0.05, 0) is 56.8 Å². The molecule has 2 bridgehead atoms. The molecule has 0 radical (unpaired) electrons. The van der Waals surface area contributed by atoms with Crippen molar-refractivity contribution in [1.82, 2.24) is 4.90 Å². The summed E-state index contributed by atoms with van der Waals surface area (Å²) in [6.45, 7) is 6.43. The Labute approximate surface area is 155 Å². The number of carbonyl (C=O) groups is 1. The van der Waals surface area contributed by atoms with Gasteiger partial charge in [-0.25, -0.2) is 0 Å². The number of aliphatic hydroxyl groups is 1. The van der Waals surface area contributed by atoms with E-state index in [1.807, 2.05) is 19.9 Å². The minimum absolute atomic E-state index is 0.117. The van der Waals surface area contributed by atoms with Crippen molar-refractivity contribution in [3.05, 3.63) is 23.3 Å². The van der Waals surface area contributed by atoms with Gasteiger partial charge in [0.05, 0.1) is 6.10 Å². The van der Waals surface area contributed by atoms with Crippen LogP contribution in [0, 0.1) is 5.92 Å². The summed E-state index contributed by atoms with van der Waals surface area (Å²) >= 11 is 0. The fourth-order valence-electron chi connectivity index (χ4n) is 5.93. The molecule has 5 rings (SSSR count). The molecule has 5 unspecified atom stereocenters. The molecule has 2 heterocycles. The second kappa shape index (κ2) is 6.24. The summed E-state index contributed by atoms with van der Waals surface area (Å²) in [6.07, 6.45) is 3.17. The van der Waals surface area contributed by atoms with Gasteiger partial charge in [0, 0.05) is 23.9 Å². The van der Waals surface area contributed by atoms with E-state index in [4.69, 9.17) is 9.47 Å². The van der Waals surface area contributed by atoms with E-state index in [1.165, 1.54) is 18.1 Å². The van der Waals surface area contributed by atoms with Crippen LogP contribution in [0.1, 0.15) is 51.2 Å². The largest absolute Gasteiger partial charge is 0.483 e. The Balaban J connectivity index is 0.000000814. The van der Waals surface area contributed by atoms with Crippen LogP contribution in [0.15, 0.2) is 12.1 Å². The van der Waals surface area contributed by atoms with E-state index in [-0.39, 0.29) is 17.5 Å². The predicted molar refractivity (Wildman–Crippen MR) is 98.7 cm³/mol. The highest BCUT2D eigenvalue weighted by molar-refractivity contribution is 5.72. The summed E-state index contributed by atoms with van der Waals surface area (Å²) < 4.78 is 11.7. The van der Waals surface area contributed by atoms with Gasteiger partial charge in [0.15, 0.2) is 11.5 Å². The van der Waals surface area contributed by atoms with Crippen LogP contribution in [-0.2, 0) is 16.6 Å². The Bertz CT molecular complexity index is 733. The first-order chi connectivity index (χ1) is 12.5. The van der Waals surface area contributed by atoms with Crippen LogP contribution in [0.25, 0.3) is 0 Å². The fraction of sp³-hybridized carbons (Fsp3) is 0.667. The number of likely N-dealkylation sites (tertiary alicyclic amines) is 1. The second-order valence-electron chi connectivity index (χ2n) is 7.85. The van der Waals surface area contributed by atoms with Crippen molar-refractivity contribution in [2.45, 2.75) is 70.1 Å². The highest BCUT2D eigenvalue weighted by atomic mass is 16.6. The molecule has 142 valence electrons. The number of hydrogen-bond acceptors (Lipinski definition) is 5. The van der Waals surface area contributed by atoms with Crippen molar-refractivity contribution >= 4 is 5.97 Å². The van der Waals surface area contributed by atoms with Crippen molar-refractivity contribution in [2.75, 3.05) is 13.6 Å². The number of hydrogen-bond donors (Lipinski definition) is 1. The molecule has 1 saturated heterocycles. The molecule has 2 fully saturated rings. The Morgan fingerprint density at radius 2 is 2.12 bits per heavy atom. The smallest absolute Gasteiger partial charge is 0.308 e. The SMILES string of the molecule is CC.CC(=O)Oc1ccc2c3c1OC1C(O)CCC4C(C2)N(C)CCC341. The van der Waals surface area contributed by atoms with Crippen LogP contribution in [0.5, 0.6) is 11.5 Å². The van der Waals surface area contributed by atoms with Crippen LogP contribution in [0.2, 0.25) is 0 Å². The van der Waals surface area contributed by atoms with Crippen molar-refractivity contribution in [2.24, 2.45) is 5.92 Å². The molecule has 1 spiro atoms. The molecule has 2 aliphatic heterocycles. The summed E-state index contributed by atoms with van der Waals surface area (Å²) in [5.41, 5.74) is 2.40. The van der Waals surface area contributed by atoms with Gasteiger partial charge < -0.3 is 19.5 Å². The van der Waals surface area contributed by atoms with E-state index in [0.29, 0.717) is 23.5 Å². The zero-order valence-corrected chi connectivity index (χ0v) is 16.1. The van der Waals surface area contributed by atoms with Crippen molar-refractivity contribution < 1.29 is 19.4 Å². The molecular formula is C21H29NO4. The van der Waals surface area contributed by atoms with Crippen molar-refractivity contribution in [3.63, 3.8) is 0 Å². The fourth-order valence-corrected chi connectivity index (χ4v) is 5.93. The summed E-state index contributed by atoms with van der Waals surface area (Å²) in [5, 5.41) is 10.7. The van der Waals surface area contributed by atoms with E-state index >= 15 is 0 Å². The van der Waals surface area contributed by atoms with Gasteiger partial charge in [-0.1, -0.05) is 19.9 Å². The first-order valence-electron chi connectivity index (χ1n) is 9.92. The number of likely N-dealkylation sites (N-methyl/N-ethyl adjacent to an activating group) is 1. The zero-order valence-electron chi connectivity index (χ0n) is 16.1. The van der Waals surface area contributed by atoms with E-state index in [1.54, 1.807) is 0 Å². The third-order valence-corrected chi connectivity index (χ3v) is 6.80. The molecule has 1 aromatic carbocycles. The Morgan fingerprint density at radius 1 is 1.35 bits per heavy atom. The first kappa shape index (κ1) is 17.8. The molecule has 1 saturated carbocycles. The number of rotatable bonds is 1. The lowest BCUT2D eigenvalue weighted by atomic mass is 9.51. The third kappa shape index (κ3) is 2.20. The van der Waals surface area contributed by atoms with Crippen LogP contribution in [0.3, 0.4) is 0 Å². The molecule has 1 aromatic rings. The highest BCUT2D eigenvalue weighted by Gasteiger charge is 2.65. The average Bonchev–Trinajstić information content (AvgIpc) is 2.98. The van der Waals surface area contributed by atoms with Crippen LogP contribution >= 0.6 is 0 Å². The number of piperidine rings is 1. The van der Waals surface area contributed by atoms with Gasteiger partial charge >= 0.3 is 5.97 Å². The monoisotopic (exact) mass is 359 g/mol. The second-order valence-corrected chi connectivity index (χ2v) is 7.85. The lowest BCUT2D eigenvalue weighted by Crippen LogP contribution is -2.66. The number of carbonyl (C=O) groups excluding carboxylic acids is 1. The predicted octanol–water partition coefficient (Wildman–Crippen LogP) is 2.67. The van der Waals surface area contributed by atoms with Crippen LogP contribution < -0.4 is 9.47 Å². The molecule has 5 atom stereocenters. The Kier molecular flexibility index (Phi) is 4.27. The molecule has 26 heavy (non-hydrogen) atoms. The Morgan fingerprint density at radius 3 is 2.85 bits per heavy atom. The molecule has 2 aliphatic carbocycles. The maximum absolute atomic E-state index is 11.5. The topological polar surface area (TPSA) is 59.0 Å². The Hall–Kier alpha value is -1.59. The normalized spacial score (nSPS) is 36.3. The first-order valence-corrected chi connectivity index (χ1v) is 9.92. The van der Waals surface area contributed by atoms with E-state index in [2.05, 4.69) is 18.0 Å². The zero-order chi connectivity index (χ0) is 18.6. The van der Waals surface area contributed by atoms with Gasteiger partial charge in [0.25, 0.3) is 0 Å². The molecule has 0 amide bonds. The maximum atomic E-state index is 11.5. The molecule has 5 nitrogen and oxygen atoms in total. The summed E-state index contributed by atoms with van der Waals surface area (Å²) in [5.74, 6) is 1.39. The van der Waals surface area contributed by atoms with Crippen LogP contribution in [0.4, 0.5) is 0 Å². The summed E-state index contributed by atoms with van der Waals surface area (Å²) in [7, 11) is 2.21. The maximum Gasteiger partial charge on any atom is 0.308 e.